The second kappa shape index (κ2) is 13.2. The van der Waals surface area contributed by atoms with E-state index in [1.54, 1.807) is 97.1 Å². The van der Waals surface area contributed by atoms with E-state index in [2.05, 4.69) is 5.32 Å². The number of ketones is 2. The van der Waals surface area contributed by atoms with Crippen LogP contribution in [0.2, 0.25) is 0 Å². The minimum absolute atomic E-state index is 0.0927. The molecule has 0 aliphatic rings. The molecule has 1 N–H and O–H groups in total. The maximum Gasteiger partial charge on any atom is 0.343 e. The average molecular weight is 554 g/mol. The molecule has 5 aromatic rings. The van der Waals surface area contributed by atoms with Crippen LogP contribution in [0.15, 0.2) is 133 Å². The van der Waals surface area contributed by atoms with Crippen molar-refractivity contribution in [3.8, 4) is 5.75 Å². The van der Waals surface area contributed by atoms with Crippen LogP contribution in [-0.4, -0.2) is 30.0 Å². The lowest BCUT2D eigenvalue weighted by Crippen LogP contribution is -2.25. The number of rotatable bonds is 10. The quantitative estimate of drug-likeness (QED) is 0.124. The number of amides is 1. The second-order valence-corrected chi connectivity index (χ2v) is 9.58. The van der Waals surface area contributed by atoms with Gasteiger partial charge < -0.3 is 10.1 Å². The van der Waals surface area contributed by atoms with Crippen LogP contribution >= 0.6 is 0 Å². The number of benzene rings is 5. The van der Waals surface area contributed by atoms with Crippen molar-refractivity contribution in [2.45, 2.75) is 6.42 Å². The summed E-state index contributed by atoms with van der Waals surface area (Å²) in [6, 6.07) is 38.0. The SMILES string of the molecule is O=C(NCCc1ccc(OC(=O)c2ccc(C(=O)c3ccccc3)cc2)cc1)c1ccc(C(=O)c2ccccc2)cc1. The standard InChI is InChI=1S/C36H27NO5/c38-33(26-7-3-1-4-8-26)28-13-17-30(18-14-28)35(40)37-24-23-25-11-21-32(22-12-25)42-36(41)31-19-15-29(16-20-31)34(39)27-9-5-2-6-10-27/h1-22H,23-24H2,(H,37,40). The van der Waals surface area contributed by atoms with Gasteiger partial charge in [-0.15, -0.1) is 0 Å². The largest absolute Gasteiger partial charge is 0.423 e. The lowest BCUT2D eigenvalue weighted by molar-refractivity contribution is 0.0733. The Labute approximate surface area is 243 Å². The number of nitrogens with one attached hydrogen (secondary N) is 1. The number of carbonyl (C=O) groups is 4. The Kier molecular flexibility index (Phi) is 8.75. The molecule has 0 aliphatic carbocycles. The van der Waals surface area contributed by atoms with Crippen molar-refractivity contribution in [1.29, 1.82) is 0 Å². The van der Waals surface area contributed by atoms with Crippen molar-refractivity contribution in [2.24, 2.45) is 0 Å². The normalized spacial score (nSPS) is 10.5. The monoisotopic (exact) mass is 553 g/mol. The van der Waals surface area contributed by atoms with Gasteiger partial charge >= 0.3 is 5.97 Å². The van der Waals surface area contributed by atoms with E-state index in [-0.39, 0.29) is 17.5 Å². The highest BCUT2D eigenvalue weighted by atomic mass is 16.5. The molecule has 0 saturated heterocycles. The first-order valence-corrected chi connectivity index (χ1v) is 13.5. The molecule has 0 radical (unpaired) electrons. The second-order valence-electron chi connectivity index (χ2n) is 9.58. The minimum atomic E-state index is -0.523. The Morgan fingerprint density at radius 1 is 0.476 bits per heavy atom. The summed E-state index contributed by atoms with van der Waals surface area (Å²) in [5, 5.41) is 2.89. The predicted octanol–water partition coefficient (Wildman–Crippen LogP) is 6.34. The Morgan fingerprint density at radius 3 is 1.40 bits per heavy atom. The third-order valence-electron chi connectivity index (χ3n) is 6.70. The summed E-state index contributed by atoms with van der Waals surface area (Å²) in [5.74, 6) is -0.566. The van der Waals surface area contributed by atoms with Gasteiger partial charge in [0.05, 0.1) is 5.56 Å². The van der Waals surface area contributed by atoms with Gasteiger partial charge in [0.15, 0.2) is 11.6 Å². The summed E-state index contributed by atoms with van der Waals surface area (Å²) in [5.41, 5.74) is 3.96. The lowest BCUT2D eigenvalue weighted by Gasteiger charge is -2.08. The van der Waals surface area contributed by atoms with Crippen LogP contribution in [0, 0.1) is 0 Å². The number of carbonyl (C=O) groups excluding carboxylic acids is 4. The molecule has 0 atom stereocenters. The Balaban J connectivity index is 1.09. The number of hydrogen-bond acceptors (Lipinski definition) is 5. The van der Waals surface area contributed by atoms with Gasteiger partial charge in [-0.05, 0) is 48.4 Å². The van der Waals surface area contributed by atoms with Gasteiger partial charge in [-0.3, -0.25) is 14.4 Å². The molecule has 0 spiro atoms. The molecule has 0 saturated carbocycles. The van der Waals surface area contributed by atoms with E-state index in [0.29, 0.717) is 52.1 Å². The molecule has 0 aromatic heterocycles. The molecular weight excluding hydrogens is 526 g/mol. The van der Waals surface area contributed by atoms with Crippen LogP contribution in [0.25, 0.3) is 0 Å². The lowest BCUT2D eigenvalue weighted by atomic mass is 10.0. The molecule has 6 heteroatoms. The maximum atomic E-state index is 12.6. The highest BCUT2D eigenvalue weighted by Crippen LogP contribution is 2.17. The van der Waals surface area contributed by atoms with E-state index in [0.717, 1.165) is 5.56 Å². The first-order chi connectivity index (χ1) is 20.5. The molecule has 0 fully saturated rings. The third kappa shape index (κ3) is 6.92. The summed E-state index contributed by atoms with van der Waals surface area (Å²) in [6.45, 7) is 0.413. The van der Waals surface area contributed by atoms with Crippen LogP contribution in [0.1, 0.15) is 58.1 Å². The molecule has 206 valence electrons. The van der Waals surface area contributed by atoms with Crippen molar-refractivity contribution >= 4 is 23.4 Å². The van der Waals surface area contributed by atoms with E-state index in [1.165, 1.54) is 0 Å². The van der Waals surface area contributed by atoms with Gasteiger partial charge in [0.2, 0.25) is 0 Å². The molecule has 5 rings (SSSR count). The molecule has 0 unspecified atom stereocenters. The van der Waals surface area contributed by atoms with Crippen molar-refractivity contribution in [3.05, 3.63) is 172 Å². The predicted molar refractivity (Wildman–Crippen MR) is 160 cm³/mol. The topological polar surface area (TPSA) is 89.5 Å². The fraction of sp³-hybridized carbons (Fsp3) is 0.0556. The molecular formula is C36H27NO5. The Hall–Kier alpha value is -5.62. The van der Waals surface area contributed by atoms with Crippen molar-refractivity contribution < 1.29 is 23.9 Å². The molecule has 6 nitrogen and oxygen atoms in total. The van der Waals surface area contributed by atoms with Crippen LogP contribution in [-0.2, 0) is 6.42 Å². The highest BCUT2D eigenvalue weighted by molar-refractivity contribution is 6.10. The molecule has 0 aliphatic heterocycles. The zero-order chi connectivity index (χ0) is 29.3. The molecule has 0 bridgehead atoms. The van der Waals surface area contributed by atoms with Crippen molar-refractivity contribution in [1.82, 2.24) is 5.32 Å². The van der Waals surface area contributed by atoms with Gasteiger partial charge in [-0.2, -0.15) is 0 Å². The van der Waals surface area contributed by atoms with Gasteiger partial charge in [0.1, 0.15) is 5.75 Å². The van der Waals surface area contributed by atoms with E-state index in [4.69, 9.17) is 4.74 Å². The average Bonchev–Trinajstić information content (AvgIpc) is 3.05. The maximum absolute atomic E-state index is 12.6. The van der Waals surface area contributed by atoms with Gasteiger partial charge in [-0.1, -0.05) is 97.1 Å². The summed E-state index contributed by atoms with van der Waals surface area (Å²) >= 11 is 0. The fourth-order valence-electron chi connectivity index (χ4n) is 4.36. The summed E-state index contributed by atoms with van der Waals surface area (Å²) in [4.78, 5) is 50.3. The Bertz CT molecular complexity index is 1690. The fourth-order valence-corrected chi connectivity index (χ4v) is 4.36. The van der Waals surface area contributed by atoms with Crippen LogP contribution in [0.5, 0.6) is 5.75 Å². The number of ether oxygens (including phenoxy) is 1. The van der Waals surface area contributed by atoms with Crippen LogP contribution < -0.4 is 10.1 Å². The number of esters is 1. The van der Waals surface area contributed by atoms with Crippen LogP contribution in [0.4, 0.5) is 0 Å². The zero-order valence-corrected chi connectivity index (χ0v) is 22.7. The van der Waals surface area contributed by atoms with E-state index >= 15 is 0 Å². The van der Waals surface area contributed by atoms with Gasteiger partial charge in [-0.25, -0.2) is 4.79 Å². The highest BCUT2D eigenvalue weighted by Gasteiger charge is 2.13. The molecule has 42 heavy (non-hydrogen) atoms. The van der Waals surface area contributed by atoms with Gasteiger partial charge in [0, 0.05) is 34.4 Å². The van der Waals surface area contributed by atoms with Gasteiger partial charge in [0.25, 0.3) is 5.91 Å². The molecule has 0 heterocycles. The zero-order valence-electron chi connectivity index (χ0n) is 22.7. The van der Waals surface area contributed by atoms with Crippen molar-refractivity contribution in [3.63, 3.8) is 0 Å². The van der Waals surface area contributed by atoms with Crippen LogP contribution in [0.3, 0.4) is 0 Å². The molecule has 5 aromatic carbocycles. The third-order valence-corrected chi connectivity index (χ3v) is 6.70. The van der Waals surface area contributed by atoms with E-state index < -0.39 is 5.97 Å². The minimum Gasteiger partial charge on any atom is -0.423 e. The summed E-state index contributed by atoms with van der Waals surface area (Å²) < 4.78 is 5.48. The summed E-state index contributed by atoms with van der Waals surface area (Å²) in [7, 11) is 0. The van der Waals surface area contributed by atoms with E-state index in [1.807, 2.05) is 36.4 Å². The van der Waals surface area contributed by atoms with Crippen molar-refractivity contribution in [2.75, 3.05) is 6.54 Å². The molecule has 1 amide bonds. The first-order valence-electron chi connectivity index (χ1n) is 13.5. The first kappa shape index (κ1) is 27.9. The number of hydrogen-bond donors (Lipinski definition) is 1. The summed E-state index contributed by atoms with van der Waals surface area (Å²) in [6.07, 6.45) is 0.585. The van der Waals surface area contributed by atoms with E-state index in [9.17, 15) is 19.2 Å². The smallest absolute Gasteiger partial charge is 0.343 e. The Morgan fingerprint density at radius 2 is 0.905 bits per heavy atom.